The van der Waals surface area contributed by atoms with Gasteiger partial charge in [-0.15, -0.1) is 6.58 Å². The monoisotopic (exact) mass is 313 g/mol. The van der Waals surface area contributed by atoms with Gasteiger partial charge < -0.3 is 10.1 Å². The first-order valence-corrected chi connectivity index (χ1v) is 7.77. The van der Waals surface area contributed by atoms with Gasteiger partial charge in [-0.05, 0) is 36.6 Å². The number of amides is 1. The van der Waals surface area contributed by atoms with E-state index in [1.165, 1.54) is 0 Å². The van der Waals surface area contributed by atoms with Gasteiger partial charge in [0.2, 0.25) is 0 Å². The molecule has 0 aliphatic carbocycles. The number of aromatic nitrogens is 2. The maximum atomic E-state index is 12.2. The summed E-state index contributed by atoms with van der Waals surface area (Å²) < 4.78 is 7.23. The SMILES string of the molecule is C=CCCOc1cccc(CNC(=O)c2cc(CC)nn2C)c1. The van der Waals surface area contributed by atoms with E-state index in [-0.39, 0.29) is 5.91 Å². The Bertz CT molecular complexity index is 677. The Morgan fingerprint density at radius 1 is 1.43 bits per heavy atom. The van der Waals surface area contributed by atoms with E-state index in [4.69, 9.17) is 4.74 Å². The molecule has 0 saturated heterocycles. The summed E-state index contributed by atoms with van der Waals surface area (Å²) in [5.41, 5.74) is 2.47. The molecule has 122 valence electrons. The van der Waals surface area contributed by atoms with Gasteiger partial charge in [0.05, 0.1) is 12.3 Å². The highest BCUT2D eigenvalue weighted by molar-refractivity contribution is 5.92. The van der Waals surface area contributed by atoms with Crippen molar-refractivity contribution in [2.24, 2.45) is 7.05 Å². The van der Waals surface area contributed by atoms with Gasteiger partial charge in [0, 0.05) is 13.6 Å². The molecule has 0 spiro atoms. The molecule has 0 bridgehead atoms. The molecule has 23 heavy (non-hydrogen) atoms. The van der Waals surface area contributed by atoms with Gasteiger partial charge in [-0.1, -0.05) is 25.1 Å². The van der Waals surface area contributed by atoms with E-state index in [0.29, 0.717) is 18.8 Å². The second-order valence-corrected chi connectivity index (χ2v) is 5.25. The zero-order valence-corrected chi connectivity index (χ0v) is 13.7. The van der Waals surface area contributed by atoms with Gasteiger partial charge >= 0.3 is 0 Å². The smallest absolute Gasteiger partial charge is 0.269 e. The summed E-state index contributed by atoms with van der Waals surface area (Å²) in [5.74, 6) is 0.671. The number of hydrogen-bond donors (Lipinski definition) is 1. The van der Waals surface area contributed by atoms with Crippen molar-refractivity contribution >= 4 is 5.91 Å². The van der Waals surface area contributed by atoms with Crippen LogP contribution in [0.15, 0.2) is 43.0 Å². The van der Waals surface area contributed by atoms with E-state index in [1.54, 1.807) is 11.7 Å². The molecule has 0 saturated carbocycles. The number of hydrogen-bond acceptors (Lipinski definition) is 3. The summed E-state index contributed by atoms with van der Waals surface area (Å²) in [6.07, 6.45) is 3.44. The van der Waals surface area contributed by atoms with Crippen molar-refractivity contribution in [2.75, 3.05) is 6.61 Å². The number of benzene rings is 1. The van der Waals surface area contributed by atoms with Gasteiger partial charge in [0.1, 0.15) is 11.4 Å². The van der Waals surface area contributed by atoms with E-state index < -0.39 is 0 Å². The third-order valence-electron chi connectivity index (χ3n) is 3.47. The molecule has 1 amide bonds. The lowest BCUT2D eigenvalue weighted by atomic mass is 10.2. The molecule has 5 heteroatoms. The number of carbonyl (C=O) groups is 1. The van der Waals surface area contributed by atoms with Crippen molar-refractivity contribution in [1.82, 2.24) is 15.1 Å². The molecule has 1 aromatic heterocycles. The maximum absolute atomic E-state index is 12.2. The Morgan fingerprint density at radius 3 is 2.96 bits per heavy atom. The summed E-state index contributed by atoms with van der Waals surface area (Å²) in [7, 11) is 1.78. The Labute approximate surface area is 137 Å². The van der Waals surface area contributed by atoms with Crippen LogP contribution in [0.1, 0.15) is 35.1 Å². The lowest BCUT2D eigenvalue weighted by Gasteiger charge is -2.08. The quantitative estimate of drug-likeness (QED) is 0.602. The zero-order valence-electron chi connectivity index (χ0n) is 13.7. The molecule has 0 fully saturated rings. The van der Waals surface area contributed by atoms with Gasteiger partial charge in [-0.2, -0.15) is 5.10 Å². The summed E-state index contributed by atoms with van der Waals surface area (Å²) in [5, 5.41) is 7.21. The van der Waals surface area contributed by atoms with Gasteiger partial charge in [-0.3, -0.25) is 9.48 Å². The van der Waals surface area contributed by atoms with Crippen LogP contribution in [0.2, 0.25) is 0 Å². The first kappa shape index (κ1) is 16.8. The highest BCUT2D eigenvalue weighted by Gasteiger charge is 2.12. The molecule has 5 nitrogen and oxygen atoms in total. The standard InChI is InChI=1S/C18H23N3O2/c1-4-6-10-23-16-9-7-8-14(11-16)13-19-18(22)17-12-15(5-2)20-21(17)3/h4,7-9,11-12H,1,5-6,10,13H2,2-3H3,(H,19,22). The Balaban J connectivity index is 1.94. The molecule has 1 N–H and O–H groups in total. The maximum Gasteiger partial charge on any atom is 0.269 e. The summed E-state index contributed by atoms with van der Waals surface area (Å²) in [4.78, 5) is 12.2. The molecule has 2 rings (SSSR count). The number of rotatable bonds is 8. The summed E-state index contributed by atoms with van der Waals surface area (Å²) >= 11 is 0. The highest BCUT2D eigenvalue weighted by atomic mass is 16.5. The highest BCUT2D eigenvalue weighted by Crippen LogP contribution is 2.14. The van der Waals surface area contributed by atoms with Crippen LogP contribution in [0.25, 0.3) is 0 Å². The number of ether oxygens (including phenoxy) is 1. The number of nitrogens with zero attached hydrogens (tertiary/aromatic N) is 2. The second kappa shape index (κ2) is 8.17. The third-order valence-corrected chi connectivity index (χ3v) is 3.47. The third kappa shape index (κ3) is 4.71. The van der Waals surface area contributed by atoms with Crippen molar-refractivity contribution in [1.29, 1.82) is 0 Å². The van der Waals surface area contributed by atoms with E-state index in [1.807, 2.05) is 43.3 Å². The average Bonchev–Trinajstić information content (AvgIpc) is 2.94. The summed E-state index contributed by atoms with van der Waals surface area (Å²) in [6, 6.07) is 9.54. The number of aryl methyl sites for hydroxylation is 2. The Morgan fingerprint density at radius 2 is 2.26 bits per heavy atom. The lowest BCUT2D eigenvalue weighted by Crippen LogP contribution is -2.25. The molecule has 0 unspecified atom stereocenters. The average molecular weight is 313 g/mol. The topological polar surface area (TPSA) is 56.1 Å². The first-order chi connectivity index (χ1) is 11.1. The predicted molar refractivity (Wildman–Crippen MR) is 90.5 cm³/mol. The Kier molecular flexibility index (Phi) is 5.97. The van der Waals surface area contributed by atoms with Crippen LogP contribution in [0, 0.1) is 0 Å². The van der Waals surface area contributed by atoms with Crippen molar-refractivity contribution in [2.45, 2.75) is 26.3 Å². The number of carbonyl (C=O) groups excluding carboxylic acids is 1. The lowest BCUT2D eigenvalue weighted by molar-refractivity contribution is 0.0941. The molecule has 0 atom stereocenters. The van der Waals surface area contributed by atoms with Crippen molar-refractivity contribution < 1.29 is 9.53 Å². The van der Waals surface area contributed by atoms with Crippen LogP contribution >= 0.6 is 0 Å². The molecule has 0 radical (unpaired) electrons. The van der Waals surface area contributed by atoms with Crippen molar-refractivity contribution in [3.05, 3.63) is 59.9 Å². The van der Waals surface area contributed by atoms with Crippen LogP contribution in [-0.4, -0.2) is 22.3 Å². The van der Waals surface area contributed by atoms with Crippen molar-refractivity contribution in [3.63, 3.8) is 0 Å². The summed E-state index contributed by atoms with van der Waals surface area (Å²) in [6.45, 7) is 6.74. The fraction of sp³-hybridized carbons (Fsp3) is 0.333. The number of nitrogens with one attached hydrogen (secondary N) is 1. The van der Waals surface area contributed by atoms with E-state index in [0.717, 1.165) is 29.8 Å². The molecule has 2 aromatic rings. The molecule has 0 aliphatic rings. The molecular weight excluding hydrogens is 290 g/mol. The zero-order chi connectivity index (χ0) is 16.7. The van der Waals surface area contributed by atoms with E-state index in [9.17, 15) is 4.79 Å². The Hall–Kier alpha value is -2.56. The molecular formula is C18H23N3O2. The molecule has 1 aromatic carbocycles. The van der Waals surface area contributed by atoms with Gasteiger partial charge in [-0.25, -0.2) is 0 Å². The fourth-order valence-electron chi connectivity index (χ4n) is 2.19. The van der Waals surface area contributed by atoms with Crippen molar-refractivity contribution in [3.8, 4) is 5.75 Å². The second-order valence-electron chi connectivity index (χ2n) is 5.25. The van der Waals surface area contributed by atoms with Crippen LogP contribution in [0.5, 0.6) is 5.75 Å². The normalized spacial score (nSPS) is 10.3. The van der Waals surface area contributed by atoms with E-state index >= 15 is 0 Å². The minimum absolute atomic E-state index is 0.127. The van der Waals surface area contributed by atoms with Gasteiger partial charge in [0.15, 0.2) is 0 Å². The van der Waals surface area contributed by atoms with Gasteiger partial charge in [0.25, 0.3) is 5.91 Å². The van der Waals surface area contributed by atoms with E-state index in [2.05, 4.69) is 17.0 Å². The van der Waals surface area contributed by atoms with Crippen LogP contribution in [0.3, 0.4) is 0 Å². The fourth-order valence-corrected chi connectivity index (χ4v) is 2.19. The van der Waals surface area contributed by atoms with Crippen LogP contribution in [0.4, 0.5) is 0 Å². The minimum Gasteiger partial charge on any atom is -0.493 e. The first-order valence-electron chi connectivity index (χ1n) is 7.77. The predicted octanol–water partition coefficient (Wildman–Crippen LogP) is 2.87. The van der Waals surface area contributed by atoms with Crippen LogP contribution < -0.4 is 10.1 Å². The molecule has 0 aliphatic heterocycles. The minimum atomic E-state index is -0.127. The largest absolute Gasteiger partial charge is 0.493 e. The molecule has 1 heterocycles. The van der Waals surface area contributed by atoms with Crippen LogP contribution in [-0.2, 0) is 20.0 Å².